The first kappa shape index (κ1) is 15.7. The highest BCUT2D eigenvalue weighted by molar-refractivity contribution is 6.34. The normalized spacial score (nSPS) is 12.3. The summed E-state index contributed by atoms with van der Waals surface area (Å²) in [5.41, 5.74) is -0.452. The highest BCUT2D eigenvalue weighted by atomic mass is 35.5. The number of nitrogens with one attached hydrogen (secondary N) is 1. The number of nitro benzene ring substituents is 1. The molecule has 0 bridgehead atoms. The molecule has 0 saturated heterocycles. The van der Waals surface area contributed by atoms with Gasteiger partial charge in [-0.05, 0) is 12.0 Å². The molecule has 0 saturated carbocycles. The average molecular weight is 305 g/mol. The number of carbonyl (C=O) groups excluding carboxylic acids is 1. The van der Waals surface area contributed by atoms with Crippen LogP contribution in [0.2, 0.25) is 5.02 Å². The van der Waals surface area contributed by atoms with E-state index < -0.39 is 10.8 Å². The van der Waals surface area contributed by atoms with Gasteiger partial charge in [0.2, 0.25) is 0 Å². The quantitative estimate of drug-likeness (QED) is 0.515. The number of nitro groups is 1. The fourth-order valence-electron chi connectivity index (χ4n) is 1.51. The van der Waals surface area contributed by atoms with Crippen molar-refractivity contribution in [2.24, 2.45) is 5.92 Å². The van der Waals surface area contributed by atoms with Crippen molar-refractivity contribution in [1.82, 2.24) is 5.32 Å². The Bertz CT molecular complexity index is 492. The Kier molecular flexibility index (Phi) is 5.57. The summed E-state index contributed by atoms with van der Waals surface area (Å²) in [4.78, 5) is 22.4. The van der Waals surface area contributed by atoms with Crippen LogP contribution in [0.1, 0.15) is 24.2 Å². The van der Waals surface area contributed by atoms with Gasteiger partial charge in [0.15, 0.2) is 0 Å². The summed E-state index contributed by atoms with van der Waals surface area (Å²) in [6.07, 6.45) is 0. The highest BCUT2D eigenvalue weighted by Crippen LogP contribution is 2.26. The van der Waals surface area contributed by atoms with Crippen molar-refractivity contribution < 1.29 is 9.72 Å². The van der Waals surface area contributed by atoms with Crippen LogP contribution in [-0.4, -0.2) is 22.8 Å². The standard InChI is InChI=1S/C12H14Cl2N2O3/c1-7(2)9(6-13)15-12(17)11-8(14)4-3-5-10(11)16(18)19/h3-5,7,9H,6H2,1-2H3,(H,15,17). The lowest BCUT2D eigenvalue weighted by atomic mass is 10.1. The van der Waals surface area contributed by atoms with Crippen molar-refractivity contribution in [1.29, 1.82) is 0 Å². The molecule has 0 aliphatic heterocycles. The monoisotopic (exact) mass is 304 g/mol. The fraction of sp³-hybridized carbons (Fsp3) is 0.417. The number of halogens is 2. The number of rotatable bonds is 5. The summed E-state index contributed by atoms with van der Waals surface area (Å²) >= 11 is 11.6. The van der Waals surface area contributed by atoms with E-state index in [9.17, 15) is 14.9 Å². The van der Waals surface area contributed by atoms with Crippen LogP contribution in [0.4, 0.5) is 5.69 Å². The van der Waals surface area contributed by atoms with Gasteiger partial charge in [0.25, 0.3) is 11.6 Å². The molecule has 1 N–H and O–H groups in total. The summed E-state index contributed by atoms with van der Waals surface area (Å²) in [5.74, 6) is -0.249. The Hall–Kier alpha value is -1.33. The van der Waals surface area contributed by atoms with Gasteiger partial charge in [0, 0.05) is 18.0 Å². The van der Waals surface area contributed by atoms with E-state index in [0.29, 0.717) is 0 Å². The Labute approximate surface area is 121 Å². The molecular weight excluding hydrogens is 291 g/mol. The molecule has 5 nitrogen and oxygen atoms in total. The lowest BCUT2D eigenvalue weighted by molar-refractivity contribution is -0.385. The number of nitrogens with zero attached hydrogens (tertiary/aromatic N) is 1. The first-order valence-electron chi connectivity index (χ1n) is 5.68. The molecule has 1 aromatic rings. The van der Waals surface area contributed by atoms with Gasteiger partial charge in [-0.1, -0.05) is 31.5 Å². The molecule has 0 heterocycles. The molecule has 1 unspecified atom stereocenters. The number of alkyl halides is 1. The van der Waals surface area contributed by atoms with E-state index in [1.54, 1.807) is 0 Å². The third-order valence-corrected chi connectivity index (χ3v) is 3.35. The molecule has 0 aliphatic carbocycles. The van der Waals surface area contributed by atoms with Gasteiger partial charge >= 0.3 is 0 Å². The van der Waals surface area contributed by atoms with Crippen LogP contribution in [0.25, 0.3) is 0 Å². The molecule has 1 rings (SSSR count). The number of amides is 1. The Morgan fingerprint density at radius 2 is 2.11 bits per heavy atom. The minimum absolute atomic E-state index is 0.0452. The lowest BCUT2D eigenvalue weighted by Crippen LogP contribution is -2.40. The molecule has 1 amide bonds. The molecule has 0 aliphatic rings. The zero-order chi connectivity index (χ0) is 14.6. The lowest BCUT2D eigenvalue weighted by Gasteiger charge is -2.19. The maximum Gasteiger partial charge on any atom is 0.283 e. The molecule has 1 aromatic carbocycles. The summed E-state index contributed by atoms with van der Waals surface area (Å²) < 4.78 is 0. The average Bonchev–Trinajstić information content (AvgIpc) is 2.34. The van der Waals surface area contributed by atoms with Crippen LogP contribution < -0.4 is 5.32 Å². The largest absolute Gasteiger partial charge is 0.348 e. The molecule has 104 valence electrons. The fourth-order valence-corrected chi connectivity index (χ4v) is 2.20. The zero-order valence-corrected chi connectivity index (χ0v) is 12.0. The van der Waals surface area contributed by atoms with Crippen molar-refractivity contribution in [3.05, 3.63) is 38.9 Å². The number of hydrogen-bond donors (Lipinski definition) is 1. The highest BCUT2D eigenvalue weighted by Gasteiger charge is 2.25. The van der Waals surface area contributed by atoms with Crippen LogP contribution in [0, 0.1) is 16.0 Å². The SMILES string of the molecule is CC(C)C(CCl)NC(=O)c1c(Cl)cccc1[N+](=O)[O-]. The van der Waals surface area contributed by atoms with Crippen LogP contribution in [0.3, 0.4) is 0 Å². The smallest absolute Gasteiger partial charge is 0.283 e. The van der Waals surface area contributed by atoms with Gasteiger partial charge in [0.05, 0.1) is 9.95 Å². The van der Waals surface area contributed by atoms with E-state index in [1.165, 1.54) is 18.2 Å². The van der Waals surface area contributed by atoms with Crippen LogP contribution >= 0.6 is 23.2 Å². The third kappa shape index (κ3) is 3.81. The molecule has 0 aromatic heterocycles. The maximum atomic E-state index is 12.1. The molecule has 0 radical (unpaired) electrons. The van der Waals surface area contributed by atoms with E-state index in [2.05, 4.69) is 5.32 Å². The first-order chi connectivity index (χ1) is 8.88. The summed E-state index contributed by atoms with van der Waals surface area (Å²) in [6.45, 7) is 3.79. The molecule has 7 heteroatoms. The van der Waals surface area contributed by atoms with Crippen molar-refractivity contribution >= 4 is 34.8 Å². The molecular formula is C12H14Cl2N2O3. The second-order valence-electron chi connectivity index (χ2n) is 4.37. The molecule has 19 heavy (non-hydrogen) atoms. The number of benzene rings is 1. The van der Waals surface area contributed by atoms with Crippen molar-refractivity contribution in [2.75, 3.05) is 5.88 Å². The van der Waals surface area contributed by atoms with Crippen molar-refractivity contribution in [3.8, 4) is 0 Å². The van der Waals surface area contributed by atoms with Gasteiger partial charge in [0.1, 0.15) is 5.56 Å². The van der Waals surface area contributed by atoms with Crippen LogP contribution in [-0.2, 0) is 0 Å². The second-order valence-corrected chi connectivity index (χ2v) is 5.09. The number of carbonyl (C=O) groups is 1. The predicted molar refractivity (Wildman–Crippen MR) is 74.9 cm³/mol. The molecule has 0 fully saturated rings. The maximum absolute atomic E-state index is 12.1. The first-order valence-corrected chi connectivity index (χ1v) is 6.59. The van der Waals surface area contributed by atoms with Gasteiger partial charge < -0.3 is 5.32 Å². The van der Waals surface area contributed by atoms with E-state index in [1.807, 2.05) is 13.8 Å². The summed E-state index contributed by atoms with van der Waals surface area (Å²) in [7, 11) is 0. The Morgan fingerprint density at radius 1 is 1.47 bits per heavy atom. The second kappa shape index (κ2) is 6.73. The van der Waals surface area contributed by atoms with Gasteiger partial charge in [-0.3, -0.25) is 14.9 Å². The summed E-state index contributed by atoms with van der Waals surface area (Å²) in [6, 6.07) is 3.84. The molecule has 1 atom stereocenters. The topological polar surface area (TPSA) is 72.2 Å². The third-order valence-electron chi connectivity index (χ3n) is 2.70. The van der Waals surface area contributed by atoms with E-state index in [4.69, 9.17) is 23.2 Å². The van der Waals surface area contributed by atoms with E-state index in [0.717, 1.165) is 0 Å². The van der Waals surface area contributed by atoms with E-state index in [-0.39, 0.29) is 34.1 Å². The Morgan fingerprint density at radius 3 is 2.58 bits per heavy atom. The molecule has 0 spiro atoms. The number of hydrogen-bond acceptors (Lipinski definition) is 3. The van der Waals surface area contributed by atoms with Gasteiger partial charge in [-0.25, -0.2) is 0 Å². The van der Waals surface area contributed by atoms with Crippen LogP contribution in [0.15, 0.2) is 18.2 Å². The summed E-state index contributed by atoms with van der Waals surface area (Å²) in [5, 5.41) is 13.6. The van der Waals surface area contributed by atoms with E-state index >= 15 is 0 Å². The minimum Gasteiger partial charge on any atom is -0.348 e. The zero-order valence-electron chi connectivity index (χ0n) is 10.5. The van der Waals surface area contributed by atoms with Crippen molar-refractivity contribution in [3.63, 3.8) is 0 Å². The van der Waals surface area contributed by atoms with Crippen LogP contribution in [0.5, 0.6) is 0 Å². The van der Waals surface area contributed by atoms with Gasteiger partial charge in [-0.2, -0.15) is 0 Å². The predicted octanol–water partition coefficient (Wildman–Crippen LogP) is 3.24. The van der Waals surface area contributed by atoms with Gasteiger partial charge in [-0.15, -0.1) is 11.6 Å². The Balaban J connectivity index is 3.09. The minimum atomic E-state index is -0.633. The van der Waals surface area contributed by atoms with Crippen molar-refractivity contribution in [2.45, 2.75) is 19.9 Å².